The number of rotatable bonds is 3. The van der Waals surface area contributed by atoms with E-state index in [-0.39, 0.29) is 12.4 Å². The van der Waals surface area contributed by atoms with Crippen LogP contribution in [-0.4, -0.2) is 23.7 Å². The zero-order chi connectivity index (χ0) is 10.3. The van der Waals surface area contributed by atoms with Gasteiger partial charge in [-0.05, 0) is 18.8 Å². The van der Waals surface area contributed by atoms with Crippen LogP contribution in [0.3, 0.4) is 0 Å². The Morgan fingerprint density at radius 1 is 1.44 bits per heavy atom. The van der Waals surface area contributed by atoms with Crippen LogP contribution in [0.15, 0.2) is 18.5 Å². The smallest absolute Gasteiger partial charge is 0.139 e. The van der Waals surface area contributed by atoms with E-state index in [1.165, 1.54) is 12.8 Å². The molecule has 1 N–H and O–H groups in total. The highest BCUT2D eigenvalue weighted by atomic mass is 35.5. The Balaban J connectivity index is 0.000000963. The van der Waals surface area contributed by atoms with Crippen LogP contribution in [0.25, 0.3) is 0 Å². The van der Waals surface area contributed by atoms with Crippen molar-refractivity contribution in [3.8, 4) is 5.75 Å². The molecular weight excluding hydrogens is 247 g/mol. The van der Waals surface area contributed by atoms with Gasteiger partial charge in [0.15, 0.2) is 0 Å². The van der Waals surface area contributed by atoms with Crippen LogP contribution in [0.1, 0.15) is 12.8 Å². The molecule has 1 saturated heterocycles. The van der Waals surface area contributed by atoms with Gasteiger partial charge < -0.3 is 10.1 Å². The summed E-state index contributed by atoms with van der Waals surface area (Å²) >= 11 is 5.81. The minimum absolute atomic E-state index is 0. The fraction of sp³-hybridized carbons (Fsp3) is 0.545. The van der Waals surface area contributed by atoms with Gasteiger partial charge in [-0.25, -0.2) is 0 Å². The molecule has 0 spiro atoms. The number of ether oxygens (including phenoxy) is 1. The van der Waals surface area contributed by atoms with Crippen LogP contribution in [0.2, 0.25) is 5.02 Å². The van der Waals surface area contributed by atoms with E-state index in [0.29, 0.717) is 11.1 Å². The summed E-state index contributed by atoms with van der Waals surface area (Å²) in [6.07, 6.45) is 5.91. The third-order valence-corrected chi connectivity index (χ3v) is 3.30. The number of fused-ring (bicyclic) bond motifs is 1. The first kappa shape index (κ1) is 12.0. The van der Waals surface area contributed by atoms with Gasteiger partial charge in [-0.2, -0.15) is 0 Å². The van der Waals surface area contributed by atoms with E-state index < -0.39 is 0 Å². The van der Waals surface area contributed by atoms with Gasteiger partial charge in [0.2, 0.25) is 0 Å². The number of halogens is 2. The van der Waals surface area contributed by atoms with Crippen LogP contribution in [0, 0.1) is 5.92 Å². The lowest BCUT2D eigenvalue weighted by Crippen LogP contribution is -2.31. The van der Waals surface area contributed by atoms with Crippen molar-refractivity contribution in [3.63, 3.8) is 0 Å². The Morgan fingerprint density at radius 3 is 3.00 bits per heavy atom. The maximum absolute atomic E-state index is 5.81. The number of hydrogen-bond acceptors (Lipinski definition) is 3. The molecule has 0 aromatic carbocycles. The van der Waals surface area contributed by atoms with Crippen LogP contribution >= 0.6 is 24.0 Å². The normalized spacial score (nSPS) is 30.4. The quantitative estimate of drug-likeness (QED) is 0.906. The Bertz CT molecular complexity index is 365. The van der Waals surface area contributed by atoms with Gasteiger partial charge in [0.1, 0.15) is 12.4 Å². The molecule has 1 aliphatic carbocycles. The molecule has 2 fully saturated rings. The Kier molecular flexibility index (Phi) is 3.57. The summed E-state index contributed by atoms with van der Waals surface area (Å²) in [7, 11) is 0. The maximum Gasteiger partial charge on any atom is 0.139 e. The van der Waals surface area contributed by atoms with Crippen LogP contribution < -0.4 is 10.1 Å². The van der Waals surface area contributed by atoms with Crippen molar-refractivity contribution in [2.24, 2.45) is 5.92 Å². The number of nitrogens with one attached hydrogen (secondary N) is 1. The summed E-state index contributed by atoms with van der Waals surface area (Å²) in [5.41, 5.74) is 0. The second kappa shape index (κ2) is 4.78. The molecule has 1 aromatic rings. The van der Waals surface area contributed by atoms with Crippen molar-refractivity contribution in [3.05, 3.63) is 23.5 Å². The predicted molar refractivity (Wildman–Crippen MR) is 65.4 cm³/mol. The molecule has 88 valence electrons. The van der Waals surface area contributed by atoms with Gasteiger partial charge in [-0.1, -0.05) is 11.6 Å². The second-order valence-electron chi connectivity index (χ2n) is 4.35. The average Bonchev–Trinajstić information content (AvgIpc) is 2.84. The SMILES string of the molecule is Cl.Clc1cncc(OC[C@@H]2C[C@@H]3C[C@@H]3N2)c1. The van der Waals surface area contributed by atoms with Crippen LogP contribution in [-0.2, 0) is 0 Å². The lowest BCUT2D eigenvalue weighted by molar-refractivity contribution is 0.267. The van der Waals surface area contributed by atoms with Crippen molar-refractivity contribution in [2.75, 3.05) is 6.61 Å². The van der Waals surface area contributed by atoms with E-state index in [1.54, 1.807) is 18.5 Å². The van der Waals surface area contributed by atoms with Gasteiger partial charge in [0.05, 0.1) is 11.2 Å². The highest BCUT2D eigenvalue weighted by molar-refractivity contribution is 6.30. The minimum atomic E-state index is 0. The van der Waals surface area contributed by atoms with E-state index in [9.17, 15) is 0 Å². The molecule has 1 aliphatic heterocycles. The molecule has 3 atom stereocenters. The summed E-state index contributed by atoms with van der Waals surface area (Å²) in [5, 5.41) is 4.15. The maximum atomic E-state index is 5.81. The Labute approximate surface area is 106 Å². The summed E-state index contributed by atoms with van der Waals surface area (Å²) in [4.78, 5) is 3.98. The van der Waals surface area contributed by atoms with Crippen LogP contribution in [0.4, 0.5) is 0 Å². The number of piperidine rings is 1. The summed E-state index contributed by atoms with van der Waals surface area (Å²) in [6, 6.07) is 3.08. The van der Waals surface area contributed by atoms with Gasteiger partial charge in [-0.15, -0.1) is 12.4 Å². The van der Waals surface area contributed by atoms with Gasteiger partial charge in [-0.3, -0.25) is 4.98 Å². The topological polar surface area (TPSA) is 34.1 Å². The molecule has 1 saturated carbocycles. The lowest BCUT2D eigenvalue weighted by atomic mass is 10.2. The first-order valence-corrected chi connectivity index (χ1v) is 5.68. The Morgan fingerprint density at radius 2 is 2.31 bits per heavy atom. The zero-order valence-electron chi connectivity index (χ0n) is 8.73. The summed E-state index contributed by atoms with van der Waals surface area (Å²) in [5.74, 6) is 1.67. The lowest BCUT2D eigenvalue weighted by Gasteiger charge is -2.14. The second-order valence-corrected chi connectivity index (χ2v) is 4.79. The number of pyridine rings is 1. The molecule has 3 rings (SSSR count). The third-order valence-electron chi connectivity index (χ3n) is 3.09. The largest absolute Gasteiger partial charge is 0.490 e. The van der Waals surface area contributed by atoms with Crippen molar-refractivity contribution < 1.29 is 4.74 Å². The first-order valence-electron chi connectivity index (χ1n) is 5.30. The van der Waals surface area contributed by atoms with E-state index >= 15 is 0 Å². The standard InChI is InChI=1S/C11H13ClN2O.ClH/c12-8-3-10(5-13-4-8)15-6-9-1-7-2-11(7)14-9;/h3-5,7,9,11,14H,1-2,6H2;1H/t7-,9+,11+;/m1./s1. The molecule has 0 bridgehead atoms. The molecule has 2 heterocycles. The third kappa shape index (κ3) is 2.59. The molecule has 0 unspecified atom stereocenters. The molecular formula is C11H14Cl2N2O. The molecule has 16 heavy (non-hydrogen) atoms. The average molecular weight is 261 g/mol. The first-order chi connectivity index (χ1) is 7.31. The van der Waals surface area contributed by atoms with Crippen molar-refractivity contribution >= 4 is 24.0 Å². The monoisotopic (exact) mass is 260 g/mol. The van der Waals surface area contributed by atoms with Crippen molar-refractivity contribution in [1.29, 1.82) is 0 Å². The van der Waals surface area contributed by atoms with Gasteiger partial charge >= 0.3 is 0 Å². The minimum Gasteiger partial charge on any atom is -0.490 e. The van der Waals surface area contributed by atoms with E-state index in [4.69, 9.17) is 16.3 Å². The fourth-order valence-corrected chi connectivity index (χ4v) is 2.40. The molecule has 3 nitrogen and oxygen atoms in total. The molecule has 2 aliphatic rings. The summed E-state index contributed by atoms with van der Waals surface area (Å²) < 4.78 is 5.63. The van der Waals surface area contributed by atoms with Crippen molar-refractivity contribution in [1.82, 2.24) is 10.3 Å². The van der Waals surface area contributed by atoms with Crippen LogP contribution in [0.5, 0.6) is 5.75 Å². The van der Waals surface area contributed by atoms with E-state index in [0.717, 1.165) is 24.3 Å². The molecule has 5 heteroatoms. The highest BCUT2D eigenvalue weighted by Crippen LogP contribution is 2.40. The zero-order valence-corrected chi connectivity index (χ0v) is 10.3. The van der Waals surface area contributed by atoms with E-state index in [2.05, 4.69) is 10.3 Å². The number of nitrogens with zero attached hydrogens (tertiary/aromatic N) is 1. The predicted octanol–water partition coefficient (Wildman–Crippen LogP) is 2.29. The Hall–Kier alpha value is -0.510. The van der Waals surface area contributed by atoms with Gasteiger partial charge in [0, 0.05) is 24.3 Å². The highest BCUT2D eigenvalue weighted by Gasteiger charge is 2.45. The van der Waals surface area contributed by atoms with E-state index in [1.807, 2.05) is 0 Å². The molecule has 1 aromatic heterocycles. The van der Waals surface area contributed by atoms with Gasteiger partial charge in [0.25, 0.3) is 0 Å². The molecule has 0 amide bonds. The van der Waals surface area contributed by atoms with Crippen molar-refractivity contribution in [2.45, 2.75) is 24.9 Å². The molecule has 0 radical (unpaired) electrons. The number of aromatic nitrogens is 1. The number of hydrogen-bond donors (Lipinski definition) is 1. The summed E-state index contributed by atoms with van der Waals surface area (Å²) in [6.45, 7) is 0.717. The fourth-order valence-electron chi connectivity index (χ4n) is 2.23.